The Balaban J connectivity index is 1.78. The van der Waals surface area contributed by atoms with Gasteiger partial charge in [0.2, 0.25) is 5.13 Å². The number of rotatable bonds is 7. The molecule has 3 rings (SSSR count). The van der Waals surface area contributed by atoms with Crippen molar-refractivity contribution in [2.75, 3.05) is 12.4 Å². The number of nitrogens with one attached hydrogen (secondary N) is 1. The Hall–Kier alpha value is -2.71. The smallest absolute Gasteiger partial charge is 0.324 e. The van der Waals surface area contributed by atoms with Gasteiger partial charge in [0, 0.05) is 13.7 Å². The zero-order valence-corrected chi connectivity index (χ0v) is 15.4. The fourth-order valence-corrected chi connectivity index (χ4v) is 3.20. The van der Waals surface area contributed by atoms with Crippen LogP contribution in [0.1, 0.15) is 29.3 Å². The summed E-state index contributed by atoms with van der Waals surface area (Å²) in [7, 11) is 1.59. The Bertz CT molecular complexity index is 820. The summed E-state index contributed by atoms with van der Waals surface area (Å²) in [5.41, 5.74) is 1.03. The number of anilines is 1. The molecule has 1 atom stereocenters. The summed E-state index contributed by atoms with van der Waals surface area (Å²) in [5.74, 6) is 0.716. The molecule has 3 aromatic rings. The van der Waals surface area contributed by atoms with Crippen molar-refractivity contribution in [3.8, 4) is 0 Å². The quantitative estimate of drug-likeness (QED) is 0.676. The first-order chi connectivity index (χ1) is 12.7. The molecule has 0 aliphatic rings. The third-order valence-corrected chi connectivity index (χ3v) is 4.64. The number of urea groups is 1. The van der Waals surface area contributed by atoms with Crippen molar-refractivity contribution in [3.05, 3.63) is 65.1 Å². The molecule has 1 N–H and O–H groups in total. The van der Waals surface area contributed by atoms with Crippen LogP contribution in [0, 0.1) is 0 Å². The number of carbonyl (C=O) groups is 1. The third-order valence-electron chi connectivity index (χ3n) is 3.83. The molecule has 0 fully saturated rings. The average Bonchev–Trinajstić information content (AvgIpc) is 3.32. The molecule has 7 nitrogen and oxygen atoms in total. The first-order valence-corrected chi connectivity index (χ1v) is 8.95. The van der Waals surface area contributed by atoms with Gasteiger partial charge in [-0.05, 0) is 24.6 Å². The van der Waals surface area contributed by atoms with Gasteiger partial charge in [-0.1, -0.05) is 41.7 Å². The van der Waals surface area contributed by atoms with E-state index in [1.54, 1.807) is 18.3 Å². The minimum Gasteiger partial charge on any atom is -0.467 e. The van der Waals surface area contributed by atoms with E-state index in [4.69, 9.17) is 9.15 Å². The van der Waals surface area contributed by atoms with Gasteiger partial charge in [-0.15, -0.1) is 10.2 Å². The SMILES string of the molecule is COCc1nnc(NC(=O)N(Cc2ccccc2)C(C)c2ccco2)s1. The average molecular weight is 372 g/mol. The number of ether oxygens (including phenoxy) is 1. The van der Waals surface area contributed by atoms with Crippen LogP contribution in [0.25, 0.3) is 0 Å². The van der Waals surface area contributed by atoms with E-state index in [0.29, 0.717) is 29.1 Å². The standard InChI is InChI=1S/C18H20N4O3S/c1-13(15-9-6-10-25-15)22(11-14-7-4-3-5-8-14)18(23)19-17-21-20-16(26-17)12-24-2/h3-10,13H,11-12H2,1-2H3,(H,19,21,23). The van der Waals surface area contributed by atoms with Crippen LogP contribution in [0.4, 0.5) is 9.93 Å². The van der Waals surface area contributed by atoms with E-state index in [1.807, 2.05) is 49.4 Å². The second kappa shape index (κ2) is 8.59. The highest BCUT2D eigenvalue weighted by molar-refractivity contribution is 7.15. The van der Waals surface area contributed by atoms with Gasteiger partial charge in [0.15, 0.2) is 0 Å². The Kier molecular flexibility index (Phi) is 5.98. The van der Waals surface area contributed by atoms with Gasteiger partial charge in [-0.2, -0.15) is 0 Å². The molecule has 1 aromatic carbocycles. The molecule has 0 bridgehead atoms. The maximum Gasteiger partial charge on any atom is 0.324 e. The van der Waals surface area contributed by atoms with Crippen molar-refractivity contribution in [1.82, 2.24) is 15.1 Å². The molecule has 26 heavy (non-hydrogen) atoms. The summed E-state index contributed by atoms with van der Waals surface area (Å²) < 4.78 is 10.5. The zero-order valence-electron chi connectivity index (χ0n) is 14.6. The number of hydrogen-bond acceptors (Lipinski definition) is 6. The molecule has 0 radical (unpaired) electrons. The molecule has 2 aromatic heterocycles. The highest BCUT2D eigenvalue weighted by Gasteiger charge is 2.24. The molecule has 0 saturated carbocycles. The van der Waals surface area contributed by atoms with Crippen LogP contribution in [0.2, 0.25) is 0 Å². The molecular weight excluding hydrogens is 352 g/mol. The highest BCUT2D eigenvalue weighted by Crippen LogP contribution is 2.25. The van der Waals surface area contributed by atoms with Crippen molar-refractivity contribution in [3.63, 3.8) is 0 Å². The lowest BCUT2D eigenvalue weighted by atomic mass is 10.1. The number of amides is 2. The number of methoxy groups -OCH3 is 1. The number of nitrogens with zero attached hydrogens (tertiary/aromatic N) is 3. The summed E-state index contributed by atoms with van der Waals surface area (Å²) in [6, 6.07) is 13.0. The third kappa shape index (κ3) is 4.47. The van der Waals surface area contributed by atoms with E-state index in [2.05, 4.69) is 15.5 Å². The molecule has 0 spiro atoms. The molecule has 1 unspecified atom stereocenters. The van der Waals surface area contributed by atoms with Gasteiger partial charge in [0.05, 0.1) is 12.3 Å². The number of carbonyl (C=O) groups excluding carboxylic acids is 1. The van der Waals surface area contributed by atoms with Crippen molar-refractivity contribution in [2.45, 2.75) is 26.1 Å². The topological polar surface area (TPSA) is 80.5 Å². The molecule has 8 heteroatoms. The summed E-state index contributed by atoms with van der Waals surface area (Å²) in [6.07, 6.45) is 1.60. The van der Waals surface area contributed by atoms with Crippen LogP contribution in [0.3, 0.4) is 0 Å². The van der Waals surface area contributed by atoms with Crippen LogP contribution < -0.4 is 5.32 Å². The van der Waals surface area contributed by atoms with Gasteiger partial charge < -0.3 is 14.1 Å². The van der Waals surface area contributed by atoms with Crippen molar-refractivity contribution < 1.29 is 13.9 Å². The highest BCUT2D eigenvalue weighted by atomic mass is 32.1. The minimum atomic E-state index is -0.266. The first kappa shape index (κ1) is 18.1. The summed E-state index contributed by atoms with van der Waals surface area (Å²) in [4.78, 5) is 14.6. The zero-order chi connectivity index (χ0) is 18.4. The van der Waals surface area contributed by atoms with Crippen LogP contribution in [0.15, 0.2) is 53.1 Å². The molecule has 0 saturated heterocycles. The van der Waals surface area contributed by atoms with E-state index < -0.39 is 0 Å². The number of furan rings is 1. The van der Waals surface area contributed by atoms with Crippen LogP contribution in [0.5, 0.6) is 0 Å². The van der Waals surface area contributed by atoms with Crippen LogP contribution >= 0.6 is 11.3 Å². The van der Waals surface area contributed by atoms with E-state index >= 15 is 0 Å². The van der Waals surface area contributed by atoms with Gasteiger partial charge >= 0.3 is 6.03 Å². The summed E-state index contributed by atoms with van der Waals surface area (Å²) in [5, 5.41) is 11.9. The van der Waals surface area contributed by atoms with Gasteiger partial charge in [0.25, 0.3) is 0 Å². The lowest BCUT2D eigenvalue weighted by Crippen LogP contribution is -2.36. The number of hydrogen-bond donors (Lipinski definition) is 1. The number of benzene rings is 1. The molecule has 2 heterocycles. The molecular formula is C18H20N4O3S. The molecule has 2 amide bonds. The largest absolute Gasteiger partial charge is 0.467 e. The summed E-state index contributed by atoms with van der Waals surface area (Å²) in [6.45, 7) is 2.74. The predicted octanol–water partition coefficient (Wildman–Crippen LogP) is 4.07. The molecule has 136 valence electrons. The molecule has 0 aliphatic heterocycles. The van der Waals surface area contributed by atoms with Gasteiger partial charge in [0.1, 0.15) is 17.4 Å². The fourth-order valence-electron chi connectivity index (χ4n) is 2.50. The minimum absolute atomic E-state index is 0.239. The van der Waals surface area contributed by atoms with Crippen LogP contribution in [-0.4, -0.2) is 28.2 Å². The monoisotopic (exact) mass is 372 g/mol. The second-order valence-electron chi connectivity index (χ2n) is 5.67. The van der Waals surface area contributed by atoms with Crippen molar-refractivity contribution in [2.24, 2.45) is 0 Å². The lowest BCUT2D eigenvalue weighted by Gasteiger charge is -2.27. The lowest BCUT2D eigenvalue weighted by molar-refractivity contribution is 0.180. The first-order valence-electron chi connectivity index (χ1n) is 8.13. The Morgan fingerprint density at radius 3 is 2.77 bits per heavy atom. The Morgan fingerprint density at radius 1 is 1.27 bits per heavy atom. The van der Waals surface area contributed by atoms with E-state index in [-0.39, 0.29) is 12.1 Å². The van der Waals surface area contributed by atoms with Crippen LogP contribution in [-0.2, 0) is 17.9 Å². The normalized spacial score (nSPS) is 11.9. The van der Waals surface area contributed by atoms with E-state index in [1.165, 1.54) is 11.3 Å². The molecule has 0 aliphatic carbocycles. The van der Waals surface area contributed by atoms with Crippen molar-refractivity contribution >= 4 is 22.5 Å². The maximum absolute atomic E-state index is 12.9. The predicted molar refractivity (Wildman–Crippen MR) is 98.7 cm³/mol. The fraction of sp³-hybridized carbons (Fsp3) is 0.278. The Labute approximate surface area is 155 Å². The van der Waals surface area contributed by atoms with E-state index in [9.17, 15) is 4.79 Å². The second-order valence-corrected chi connectivity index (χ2v) is 6.73. The van der Waals surface area contributed by atoms with E-state index in [0.717, 1.165) is 5.56 Å². The summed E-state index contributed by atoms with van der Waals surface area (Å²) >= 11 is 1.29. The van der Waals surface area contributed by atoms with Crippen molar-refractivity contribution in [1.29, 1.82) is 0 Å². The Morgan fingerprint density at radius 2 is 2.08 bits per heavy atom. The number of aromatic nitrogens is 2. The van der Waals surface area contributed by atoms with Gasteiger partial charge in [-0.25, -0.2) is 4.79 Å². The van der Waals surface area contributed by atoms with Gasteiger partial charge in [-0.3, -0.25) is 5.32 Å². The maximum atomic E-state index is 12.9.